The highest BCUT2D eigenvalue weighted by Crippen LogP contribution is 2.25. The lowest BCUT2D eigenvalue weighted by molar-refractivity contribution is -0.133. The van der Waals surface area contributed by atoms with Gasteiger partial charge in [0.1, 0.15) is 5.71 Å². The average molecular weight is 485 g/mol. The number of hydrogen-bond acceptors (Lipinski definition) is 7. The summed E-state index contributed by atoms with van der Waals surface area (Å²) in [5, 5.41) is 7.93. The smallest absolute Gasteiger partial charge is 0.271 e. The zero-order valence-electron chi connectivity index (χ0n) is 18.4. The molecule has 0 aliphatic carbocycles. The highest BCUT2D eigenvalue weighted by molar-refractivity contribution is 7.91. The fourth-order valence-electron chi connectivity index (χ4n) is 3.85. The van der Waals surface area contributed by atoms with Crippen LogP contribution in [0.15, 0.2) is 28.2 Å². The zero-order valence-corrected chi connectivity index (χ0v) is 20.0. The van der Waals surface area contributed by atoms with Gasteiger partial charge in [-0.05, 0) is 31.0 Å². The van der Waals surface area contributed by atoms with Crippen molar-refractivity contribution in [2.24, 2.45) is 5.10 Å². The quantitative estimate of drug-likeness (QED) is 0.617. The van der Waals surface area contributed by atoms with Crippen molar-refractivity contribution in [2.45, 2.75) is 51.0 Å². The Balaban J connectivity index is 1.83. The van der Waals surface area contributed by atoms with Crippen LogP contribution in [0.5, 0.6) is 0 Å². The standard InChI is InChI=1S/C20H28N4O6S2/c1-4-23(5-2)32(29,30)18-12-15(7-6-14(18)3)21-20(26)17-8-9-19(25)24(22-17)16-10-11-31(27,28)13-16/h6-7,12,16H,4-5,8-11,13H2,1-3H3,(H,21,26)/t16-/m1/s1. The third-order valence-electron chi connectivity index (χ3n) is 5.65. The number of benzene rings is 1. The summed E-state index contributed by atoms with van der Waals surface area (Å²) in [5.74, 6) is -1.04. The minimum atomic E-state index is -3.71. The molecule has 0 unspecified atom stereocenters. The first-order valence-electron chi connectivity index (χ1n) is 10.5. The second-order valence-electron chi connectivity index (χ2n) is 7.87. The van der Waals surface area contributed by atoms with Crippen LogP contribution in [-0.2, 0) is 29.4 Å². The number of hydrazone groups is 1. The number of amides is 2. The molecule has 3 rings (SSSR count). The summed E-state index contributed by atoms with van der Waals surface area (Å²) in [5.41, 5.74) is 0.952. The molecule has 1 aromatic carbocycles. The van der Waals surface area contributed by atoms with Gasteiger partial charge in [0.05, 0.1) is 22.4 Å². The number of aryl methyl sites for hydroxylation is 1. The van der Waals surface area contributed by atoms with E-state index < -0.39 is 31.8 Å². The van der Waals surface area contributed by atoms with Crippen molar-refractivity contribution in [3.63, 3.8) is 0 Å². The van der Waals surface area contributed by atoms with E-state index in [-0.39, 0.29) is 47.3 Å². The fourth-order valence-corrected chi connectivity index (χ4v) is 7.25. The summed E-state index contributed by atoms with van der Waals surface area (Å²) in [7, 11) is -6.92. The van der Waals surface area contributed by atoms with Crippen molar-refractivity contribution in [2.75, 3.05) is 29.9 Å². The highest BCUT2D eigenvalue weighted by atomic mass is 32.2. The van der Waals surface area contributed by atoms with E-state index >= 15 is 0 Å². The van der Waals surface area contributed by atoms with E-state index in [9.17, 15) is 26.4 Å². The van der Waals surface area contributed by atoms with Gasteiger partial charge in [0.2, 0.25) is 15.9 Å². The molecule has 0 spiro atoms. The van der Waals surface area contributed by atoms with Crippen molar-refractivity contribution in [3.8, 4) is 0 Å². The van der Waals surface area contributed by atoms with E-state index in [0.29, 0.717) is 24.3 Å². The van der Waals surface area contributed by atoms with Crippen LogP contribution in [0.4, 0.5) is 5.69 Å². The number of carbonyl (C=O) groups excluding carboxylic acids is 2. The van der Waals surface area contributed by atoms with Crippen LogP contribution in [0.2, 0.25) is 0 Å². The Kier molecular flexibility index (Phi) is 7.06. The molecule has 2 heterocycles. The predicted octanol–water partition coefficient (Wildman–Crippen LogP) is 1.13. The van der Waals surface area contributed by atoms with Crippen molar-refractivity contribution in [1.82, 2.24) is 9.31 Å². The molecule has 1 fully saturated rings. The number of sulfone groups is 1. The molecule has 1 saturated heterocycles. The third-order valence-corrected chi connectivity index (χ3v) is 9.59. The number of nitrogens with zero attached hydrogens (tertiary/aromatic N) is 3. The van der Waals surface area contributed by atoms with Crippen molar-refractivity contribution in [1.29, 1.82) is 0 Å². The van der Waals surface area contributed by atoms with Crippen LogP contribution in [0.3, 0.4) is 0 Å². The number of hydrogen-bond donors (Lipinski definition) is 1. The second-order valence-corrected chi connectivity index (χ2v) is 12.0. The summed E-state index contributed by atoms with van der Waals surface area (Å²) in [6.07, 6.45) is 0.465. The summed E-state index contributed by atoms with van der Waals surface area (Å²) in [4.78, 5) is 25.2. The number of rotatable bonds is 7. The molecule has 0 radical (unpaired) electrons. The minimum absolute atomic E-state index is 0.00828. The molecule has 1 atom stereocenters. The fraction of sp³-hybridized carbons (Fsp3) is 0.550. The molecule has 176 valence electrons. The number of sulfonamides is 1. The van der Waals surface area contributed by atoms with Crippen LogP contribution in [-0.4, -0.2) is 74.3 Å². The molecule has 0 aromatic heterocycles. The molecule has 0 bridgehead atoms. The van der Waals surface area contributed by atoms with Gasteiger partial charge in [-0.25, -0.2) is 21.8 Å². The van der Waals surface area contributed by atoms with E-state index in [0.717, 1.165) is 5.01 Å². The molecule has 10 nitrogen and oxygen atoms in total. The summed E-state index contributed by atoms with van der Waals surface area (Å²) in [6, 6.07) is 4.07. The third kappa shape index (κ3) is 5.02. The molecule has 0 saturated carbocycles. The summed E-state index contributed by atoms with van der Waals surface area (Å²) in [6.45, 7) is 5.85. The van der Waals surface area contributed by atoms with Gasteiger partial charge >= 0.3 is 0 Å². The lowest BCUT2D eigenvalue weighted by Gasteiger charge is -2.27. The lowest BCUT2D eigenvalue weighted by Crippen LogP contribution is -2.42. The maximum Gasteiger partial charge on any atom is 0.271 e. The summed E-state index contributed by atoms with van der Waals surface area (Å²) >= 11 is 0. The lowest BCUT2D eigenvalue weighted by atomic mass is 10.1. The Morgan fingerprint density at radius 1 is 1.25 bits per heavy atom. The van der Waals surface area contributed by atoms with Gasteiger partial charge in [-0.2, -0.15) is 9.41 Å². The average Bonchev–Trinajstić information content (AvgIpc) is 3.09. The van der Waals surface area contributed by atoms with E-state index in [4.69, 9.17) is 0 Å². The molecule has 2 aliphatic heterocycles. The number of anilines is 1. The maximum absolute atomic E-state index is 12.9. The molecule has 32 heavy (non-hydrogen) atoms. The first kappa shape index (κ1) is 24.3. The minimum Gasteiger partial charge on any atom is -0.321 e. The first-order chi connectivity index (χ1) is 15.0. The Hall–Kier alpha value is -2.31. The van der Waals surface area contributed by atoms with Crippen LogP contribution >= 0.6 is 0 Å². The molecular formula is C20H28N4O6S2. The molecule has 2 aliphatic rings. The van der Waals surface area contributed by atoms with E-state index in [1.165, 1.54) is 10.4 Å². The van der Waals surface area contributed by atoms with Gasteiger partial charge < -0.3 is 5.32 Å². The van der Waals surface area contributed by atoms with Crippen molar-refractivity contribution < 1.29 is 26.4 Å². The highest BCUT2D eigenvalue weighted by Gasteiger charge is 2.37. The predicted molar refractivity (Wildman–Crippen MR) is 120 cm³/mol. The van der Waals surface area contributed by atoms with Crippen molar-refractivity contribution in [3.05, 3.63) is 23.8 Å². The Morgan fingerprint density at radius 3 is 2.53 bits per heavy atom. The van der Waals surface area contributed by atoms with Crippen LogP contribution in [0, 0.1) is 6.92 Å². The molecule has 1 aromatic rings. The van der Waals surface area contributed by atoms with Crippen LogP contribution in [0.25, 0.3) is 0 Å². The van der Waals surface area contributed by atoms with E-state index in [1.54, 1.807) is 32.9 Å². The summed E-state index contributed by atoms with van der Waals surface area (Å²) < 4.78 is 50.7. The Bertz CT molecular complexity index is 1160. The zero-order chi connectivity index (χ0) is 23.7. The van der Waals surface area contributed by atoms with Gasteiger partial charge in [0.15, 0.2) is 9.84 Å². The van der Waals surface area contributed by atoms with E-state index in [1.807, 2.05) is 0 Å². The van der Waals surface area contributed by atoms with Crippen LogP contribution < -0.4 is 5.32 Å². The van der Waals surface area contributed by atoms with E-state index in [2.05, 4.69) is 10.4 Å². The van der Waals surface area contributed by atoms with Gasteiger partial charge in [-0.1, -0.05) is 19.9 Å². The molecule has 12 heteroatoms. The monoisotopic (exact) mass is 484 g/mol. The Morgan fingerprint density at radius 2 is 1.94 bits per heavy atom. The topological polar surface area (TPSA) is 133 Å². The molecular weight excluding hydrogens is 456 g/mol. The second kappa shape index (κ2) is 9.28. The Labute approximate surface area is 188 Å². The van der Waals surface area contributed by atoms with Gasteiger partial charge in [0, 0.05) is 31.6 Å². The van der Waals surface area contributed by atoms with Gasteiger partial charge in [-0.15, -0.1) is 0 Å². The maximum atomic E-state index is 12.9. The largest absolute Gasteiger partial charge is 0.321 e. The number of nitrogens with one attached hydrogen (secondary N) is 1. The van der Waals surface area contributed by atoms with Crippen LogP contribution in [0.1, 0.15) is 38.7 Å². The SMILES string of the molecule is CCN(CC)S(=O)(=O)c1cc(NC(=O)C2=NN([C@@H]3CCS(=O)(=O)C3)C(=O)CC2)ccc1C. The van der Waals surface area contributed by atoms with Gasteiger partial charge in [0.25, 0.3) is 5.91 Å². The first-order valence-corrected chi connectivity index (χ1v) is 13.8. The molecule has 1 N–H and O–H groups in total. The molecule has 2 amide bonds. The number of carbonyl (C=O) groups is 2. The van der Waals surface area contributed by atoms with Gasteiger partial charge in [-0.3, -0.25) is 9.59 Å². The van der Waals surface area contributed by atoms with Crippen molar-refractivity contribution >= 4 is 43.1 Å². The normalized spacial score (nSPS) is 21.0.